The van der Waals surface area contributed by atoms with E-state index in [-0.39, 0.29) is 0 Å². The van der Waals surface area contributed by atoms with Crippen molar-refractivity contribution in [3.05, 3.63) is 0 Å². The number of methoxy groups -OCH3 is 2. The lowest BCUT2D eigenvalue weighted by molar-refractivity contribution is 0.0317. The molecule has 0 spiro atoms. The summed E-state index contributed by atoms with van der Waals surface area (Å²) >= 11 is 0. The first-order valence-electron chi connectivity index (χ1n) is 6.88. The lowest BCUT2D eigenvalue weighted by atomic mass is 10.1. The van der Waals surface area contributed by atoms with Crippen LogP contribution in [0.3, 0.4) is 0 Å². The maximum absolute atomic E-state index is 5.49. The molecule has 2 heterocycles. The first-order valence-corrected chi connectivity index (χ1v) is 6.88. The predicted octanol–water partition coefficient (Wildman–Crippen LogP) is 0.882. The fourth-order valence-corrected chi connectivity index (χ4v) is 2.58. The Bertz CT molecular complexity index is 425. The maximum Gasteiger partial charge on any atom is 0.338 e. The van der Waals surface area contributed by atoms with Gasteiger partial charge in [0.2, 0.25) is 0 Å². The molecule has 7 nitrogen and oxygen atoms in total. The van der Waals surface area contributed by atoms with Crippen molar-refractivity contribution in [1.82, 2.24) is 19.4 Å². The zero-order valence-corrected chi connectivity index (χ0v) is 12.6. The molecule has 0 N–H and O–H groups in total. The molecule has 0 saturated carbocycles. The number of quaternary nitrogens is 1. The van der Waals surface area contributed by atoms with Gasteiger partial charge in [0.25, 0.3) is 0 Å². The molecule has 0 radical (unpaired) electrons. The average Bonchev–Trinajstić information content (AvgIpc) is 2.47. The van der Waals surface area contributed by atoms with E-state index in [9.17, 15) is 0 Å². The Morgan fingerprint density at radius 3 is 2.05 bits per heavy atom. The molecular weight excluding hydrogens is 260 g/mol. The van der Waals surface area contributed by atoms with E-state index in [2.05, 4.69) is 28.8 Å². The third-order valence-corrected chi connectivity index (χ3v) is 3.41. The van der Waals surface area contributed by atoms with Crippen LogP contribution in [0.5, 0.6) is 12.0 Å². The smallest absolute Gasteiger partial charge is 0.338 e. The second kappa shape index (κ2) is 6.32. The van der Waals surface area contributed by atoms with E-state index in [0.717, 1.165) is 19.6 Å². The predicted molar refractivity (Wildman–Crippen MR) is 75.0 cm³/mol. The van der Waals surface area contributed by atoms with E-state index in [1.54, 1.807) is 14.2 Å². The minimum Gasteiger partial charge on any atom is -0.466 e. The molecule has 0 aromatic carbocycles. The van der Waals surface area contributed by atoms with Gasteiger partial charge < -0.3 is 14.2 Å². The summed E-state index contributed by atoms with van der Waals surface area (Å²) in [5.74, 6) is 1.23. The Morgan fingerprint density at radius 2 is 1.60 bits per heavy atom. The van der Waals surface area contributed by atoms with E-state index in [4.69, 9.17) is 14.2 Å². The number of aromatic nitrogens is 3. The van der Waals surface area contributed by atoms with Crippen LogP contribution in [-0.4, -0.2) is 62.0 Å². The highest BCUT2D eigenvalue weighted by Gasteiger charge is 2.38. The van der Waals surface area contributed by atoms with E-state index >= 15 is 0 Å². The van der Waals surface area contributed by atoms with Crippen molar-refractivity contribution < 1.29 is 14.2 Å². The lowest BCUT2D eigenvalue weighted by Crippen LogP contribution is -2.59. The minimum atomic E-state index is 0.291. The van der Waals surface area contributed by atoms with Crippen molar-refractivity contribution in [2.45, 2.75) is 13.8 Å². The molecule has 1 aliphatic heterocycles. The molecule has 0 amide bonds. The molecule has 1 saturated heterocycles. The van der Waals surface area contributed by atoms with E-state index < -0.39 is 0 Å². The van der Waals surface area contributed by atoms with Crippen LogP contribution in [0.2, 0.25) is 0 Å². The third-order valence-electron chi connectivity index (χ3n) is 3.41. The Kier molecular flexibility index (Phi) is 4.72. The monoisotopic (exact) mass is 283 g/mol. The fourth-order valence-electron chi connectivity index (χ4n) is 2.58. The highest BCUT2D eigenvalue weighted by atomic mass is 16.5. The first-order chi connectivity index (χ1) is 9.59. The molecule has 7 heteroatoms. The highest BCUT2D eigenvalue weighted by Crippen LogP contribution is 2.25. The maximum atomic E-state index is 5.49. The fraction of sp³-hybridized carbons (Fsp3) is 0.769. The summed E-state index contributed by atoms with van der Waals surface area (Å²) < 4.78 is 16.5. The average molecular weight is 283 g/mol. The standard InChI is InChI=1S/C13H23N4O3/c1-10(2)9-17(5-7-20-8-6-17)11-14-12(18-3)16-13(15-11)19-4/h10H,5-9H2,1-4H3/q+1. The van der Waals surface area contributed by atoms with Gasteiger partial charge in [0, 0.05) is 5.92 Å². The molecule has 0 atom stereocenters. The quantitative estimate of drug-likeness (QED) is 0.747. The molecule has 0 bridgehead atoms. The van der Waals surface area contributed by atoms with Gasteiger partial charge in [0.1, 0.15) is 13.1 Å². The number of hydrogen-bond acceptors (Lipinski definition) is 6. The zero-order chi connectivity index (χ0) is 14.6. The molecule has 0 aliphatic carbocycles. The summed E-state index contributed by atoms with van der Waals surface area (Å²) in [6.07, 6.45) is 0. The SMILES string of the molecule is COc1nc(OC)nc([N+]2(CC(C)C)CCOCC2)n1. The highest BCUT2D eigenvalue weighted by molar-refractivity contribution is 5.29. The molecule has 1 aromatic heterocycles. The Labute approximate surface area is 119 Å². The van der Waals surface area contributed by atoms with Crippen LogP contribution in [0, 0.1) is 5.92 Å². The Balaban J connectivity index is 2.41. The van der Waals surface area contributed by atoms with Crippen molar-refractivity contribution in [2.75, 3.05) is 47.1 Å². The molecule has 0 unspecified atom stereocenters. The lowest BCUT2D eigenvalue weighted by Gasteiger charge is -2.39. The summed E-state index contributed by atoms with van der Waals surface area (Å²) in [6.45, 7) is 8.49. The normalized spacial score (nSPS) is 18.1. The van der Waals surface area contributed by atoms with Crippen LogP contribution in [-0.2, 0) is 4.74 Å². The number of nitrogens with zero attached hydrogens (tertiary/aromatic N) is 4. The first kappa shape index (κ1) is 14.9. The van der Waals surface area contributed by atoms with E-state index in [1.807, 2.05) is 0 Å². The van der Waals surface area contributed by atoms with E-state index in [0.29, 0.717) is 41.6 Å². The van der Waals surface area contributed by atoms with Crippen molar-refractivity contribution in [3.63, 3.8) is 0 Å². The van der Waals surface area contributed by atoms with Crippen molar-refractivity contribution >= 4 is 5.95 Å². The molecule has 1 fully saturated rings. The van der Waals surface area contributed by atoms with Crippen molar-refractivity contribution in [3.8, 4) is 12.0 Å². The van der Waals surface area contributed by atoms with E-state index in [1.165, 1.54) is 0 Å². The second-order valence-electron chi connectivity index (χ2n) is 5.39. The second-order valence-corrected chi connectivity index (χ2v) is 5.39. The zero-order valence-electron chi connectivity index (χ0n) is 12.6. The Hall–Kier alpha value is -1.47. The van der Waals surface area contributed by atoms with Crippen molar-refractivity contribution in [1.29, 1.82) is 0 Å². The molecule has 1 aromatic rings. The topological polar surface area (TPSA) is 66.4 Å². The summed E-state index contributed by atoms with van der Waals surface area (Å²) in [5.41, 5.74) is 0. The van der Waals surface area contributed by atoms with Crippen LogP contribution in [0.25, 0.3) is 0 Å². The van der Waals surface area contributed by atoms with Gasteiger partial charge in [-0.25, -0.2) is 0 Å². The summed E-state index contributed by atoms with van der Waals surface area (Å²) in [4.78, 5) is 12.9. The summed E-state index contributed by atoms with van der Waals surface area (Å²) in [5, 5.41) is 0. The van der Waals surface area contributed by atoms with Crippen LogP contribution < -0.4 is 14.0 Å². The van der Waals surface area contributed by atoms with Gasteiger partial charge in [0.15, 0.2) is 0 Å². The van der Waals surface area contributed by atoms with Gasteiger partial charge >= 0.3 is 18.0 Å². The number of rotatable bonds is 5. The number of hydrogen-bond donors (Lipinski definition) is 0. The molecule has 1 aliphatic rings. The third kappa shape index (κ3) is 3.16. The molecule has 112 valence electrons. The van der Waals surface area contributed by atoms with Crippen LogP contribution in [0.1, 0.15) is 13.8 Å². The van der Waals surface area contributed by atoms with Crippen LogP contribution in [0.4, 0.5) is 5.95 Å². The molecule has 2 rings (SSSR count). The summed E-state index contributed by atoms with van der Waals surface area (Å²) in [6, 6.07) is 0.583. The van der Waals surface area contributed by atoms with Crippen molar-refractivity contribution in [2.24, 2.45) is 5.92 Å². The number of ether oxygens (including phenoxy) is 3. The van der Waals surface area contributed by atoms with Gasteiger partial charge in [-0.2, -0.15) is 0 Å². The van der Waals surface area contributed by atoms with Gasteiger partial charge in [-0.1, -0.05) is 13.8 Å². The van der Waals surface area contributed by atoms with Crippen LogP contribution >= 0.6 is 0 Å². The van der Waals surface area contributed by atoms with Gasteiger partial charge in [0.05, 0.1) is 34.0 Å². The minimum absolute atomic E-state index is 0.291. The van der Waals surface area contributed by atoms with Crippen LogP contribution in [0.15, 0.2) is 0 Å². The van der Waals surface area contributed by atoms with Gasteiger partial charge in [-0.3, -0.25) is 4.48 Å². The van der Waals surface area contributed by atoms with Gasteiger partial charge in [-0.05, 0) is 0 Å². The Morgan fingerprint density at radius 1 is 1.05 bits per heavy atom. The summed E-state index contributed by atoms with van der Waals surface area (Å²) in [7, 11) is 3.09. The molecule has 20 heavy (non-hydrogen) atoms. The van der Waals surface area contributed by atoms with Gasteiger partial charge in [-0.15, -0.1) is 15.0 Å². The number of morpholine rings is 1. The largest absolute Gasteiger partial charge is 0.466 e. The molecular formula is C13H23N4O3+.